The van der Waals surface area contributed by atoms with Crippen molar-refractivity contribution in [3.8, 4) is 17.2 Å². The molecule has 3 aromatic carbocycles. The average molecular weight is 417 g/mol. The molecule has 0 aliphatic heterocycles. The van der Waals surface area contributed by atoms with Gasteiger partial charge in [0.15, 0.2) is 11.9 Å². The van der Waals surface area contributed by atoms with Crippen molar-refractivity contribution in [2.75, 3.05) is 13.7 Å². The normalized spacial score (nSPS) is 11.9. The van der Waals surface area contributed by atoms with Crippen molar-refractivity contribution < 1.29 is 14.2 Å². The van der Waals surface area contributed by atoms with Crippen LogP contribution in [0.1, 0.15) is 31.7 Å². The summed E-state index contributed by atoms with van der Waals surface area (Å²) in [4.78, 5) is 4.87. The second kappa shape index (κ2) is 10.0. The number of fused-ring (bicyclic) bond motifs is 1. The van der Waals surface area contributed by atoms with Crippen LogP contribution in [-0.4, -0.2) is 23.3 Å². The average Bonchev–Trinajstić information content (AvgIpc) is 3.18. The van der Waals surface area contributed by atoms with Crippen LogP contribution < -0.4 is 14.2 Å². The van der Waals surface area contributed by atoms with Gasteiger partial charge < -0.3 is 18.8 Å². The third kappa shape index (κ3) is 5.18. The summed E-state index contributed by atoms with van der Waals surface area (Å²) in [6.45, 7) is 3.57. The van der Waals surface area contributed by atoms with E-state index in [1.807, 2.05) is 60.7 Å². The van der Waals surface area contributed by atoms with Gasteiger partial charge in [0.25, 0.3) is 0 Å². The van der Waals surface area contributed by atoms with Crippen molar-refractivity contribution in [1.82, 2.24) is 9.55 Å². The summed E-state index contributed by atoms with van der Waals surface area (Å²) >= 11 is 0. The van der Waals surface area contributed by atoms with Crippen LogP contribution in [0.4, 0.5) is 0 Å². The van der Waals surface area contributed by atoms with Crippen LogP contribution in [0.3, 0.4) is 0 Å². The minimum Gasteiger partial charge on any atom is -0.497 e. The zero-order chi connectivity index (χ0) is 21.5. The van der Waals surface area contributed by atoms with E-state index in [9.17, 15) is 0 Å². The highest BCUT2D eigenvalue weighted by atomic mass is 16.5. The molecule has 160 valence electrons. The molecule has 0 aliphatic carbocycles. The number of hydrogen-bond donors (Lipinski definition) is 0. The molecule has 0 spiro atoms. The summed E-state index contributed by atoms with van der Waals surface area (Å²) in [6.07, 6.45) is 1.77. The van der Waals surface area contributed by atoms with Gasteiger partial charge in [-0.2, -0.15) is 0 Å². The number of rotatable bonds is 10. The Bertz CT molecular complexity index is 1110. The Morgan fingerprint density at radius 3 is 2.42 bits per heavy atom. The van der Waals surface area contributed by atoms with Crippen molar-refractivity contribution in [3.63, 3.8) is 0 Å². The first-order valence-corrected chi connectivity index (χ1v) is 10.7. The molecule has 0 N–H and O–H groups in total. The molecule has 4 aromatic rings. The topological polar surface area (TPSA) is 45.5 Å². The summed E-state index contributed by atoms with van der Waals surface area (Å²) in [5.41, 5.74) is 2.13. The molecule has 1 unspecified atom stereocenters. The second-order valence-corrected chi connectivity index (χ2v) is 7.42. The lowest BCUT2D eigenvalue weighted by Crippen LogP contribution is -2.12. The van der Waals surface area contributed by atoms with Gasteiger partial charge >= 0.3 is 0 Å². The predicted molar refractivity (Wildman–Crippen MR) is 123 cm³/mol. The molecule has 1 aromatic heterocycles. The quantitative estimate of drug-likeness (QED) is 0.296. The van der Waals surface area contributed by atoms with Crippen LogP contribution >= 0.6 is 0 Å². The predicted octanol–water partition coefficient (Wildman–Crippen LogP) is 6.04. The summed E-state index contributed by atoms with van der Waals surface area (Å²) in [5.74, 6) is 3.43. The molecular weight excluding hydrogens is 388 g/mol. The van der Waals surface area contributed by atoms with E-state index in [1.54, 1.807) is 7.11 Å². The molecule has 0 aliphatic rings. The van der Waals surface area contributed by atoms with E-state index in [2.05, 4.69) is 29.7 Å². The van der Waals surface area contributed by atoms with E-state index in [0.717, 1.165) is 53.5 Å². The highest BCUT2D eigenvalue weighted by Crippen LogP contribution is 2.26. The van der Waals surface area contributed by atoms with E-state index < -0.39 is 0 Å². The van der Waals surface area contributed by atoms with Gasteiger partial charge in [0.2, 0.25) is 0 Å². The number of ether oxygens (including phenoxy) is 3. The van der Waals surface area contributed by atoms with Crippen LogP contribution in [0.2, 0.25) is 0 Å². The maximum absolute atomic E-state index is 6.16. The van der Waals surface area contributed by atoms with E-state index >= 15 is 0 Å². The van der Waals surface area contributed by atoms with Gasteiger partial charge in [0, 0.05) is 12.6 Å². The van der Waals surface area contributed by atoms with Gasteiger partial charge in [-0.25, -0.2) is 4.98 Å². The fraction of sp³-hybridized carbons (Fsp3) is 0.269. The number of aryl methyl sites for hydroxylation is 1. The van der Waals surface area contributed by atoms with Gasteiger partial charge in [-0.3, -0.25) is 0 Å². The van der Waals surface area contributed by atoms with Gasteiger partial charge in [0.1, 0.15) is 17.2 Å². The highest BCUT2D eigenvalue weighted by Gasteiger charge is 2.17. The monoisotopic (exact) mass is 416 g/mol. The van der Waals surface area contributed by atoms with Crippen molar-refractivity contribution in [1.29, 1.82) is 0 Å². The van der Waals surface area contributed by atoms with E-state index in [1.165, 1.54) is 0 Å². The minimum atomic E-state index is -0.150. The minimum absolute atomic E-state index is 0.150. The fourth-order valence-corrected chi connectivity index (χ4v) is 3.65. The van der Waals surface area contributed by atoms with Crippen LogP contribution in [0.15, 0.2) is 78.9 Å². The van der Waals surface area contributed by atoms with E-state index in [4.69, 9.17) is 19.2 Å². The number of nitrogens with zero attached hydrogens (tertiary/aromatic N) is 2. The maximum atomic E-state index is 6.16. The van der Waals surface area contributed by atoms with Crippen LogP contribution in [0, 0.1) is 0 Å². The maximum Gasteiger partial charge on any atom is 0.153 e. The molecule has 5 nitrogen and oxygen atoms in total. The van der Waals surface area contributed by atoms with Crippen LogP contribution in [0.25, 0.3) is 11.0 Å². The van der Waals surface area contributed by atoms with Gasteiger partial charge in [-0.15, -0.1) is 0 Å². The molecule has 0 saturated carbocycles. The van der Waals surface area contributed by atoms with Crippen LogP contribution in [-0.2, 0) is 6.54 Å². The molecule has 0 radical (unpaired) electrons. The lowest BCUT2D eigenvalue weighted by molar-refractivity contribution is 0.211. The Morgan fingerprint density at radius 2 is 1.58 bits per heavy atom. The summed E-state index contributed by atoms with van der Waals surface area (Å²) in [5, 5.41) is 0. The van der Waals surface area contributed by atoms with Crippen molar-refractivity contribution in [3.05, 3.63) is 84.7 Å². The SMILES string of the molecule is COc1cccc(OCCCCn2c(C(C)Oc3ccccc3)nc3ccccc32)c1. The molecule has 0 amide bonds. The number of benzene rings is 3. The molecule has 0 bridgehead atoms. The molecule has 1 heterocycles. The first kappa shape index (κ1) is 20.8. The largest absolute Gasteiger partial charge is 0.497 e. The van der Waals surface area contributed by atoms with E-state index in [0.29, 0.717) is 6.61 Å². The first-order chi connectivity index (χ1) is 15.2. The number of unbranched alkanes of at least 4 members (excludes halogenated alkanes) is 1. The van der Waals surface area contributed by atoms with Crippen molar-refractivity contribution in [2.45, 2.75) is 32.4 Å². The third-order valence-electron chi connectivity index (χ3n) is 5.19. The van der Waals surface area contributed by atoms with Gasteiger partial charge in [0.05, 0.1) is 24.8 Å². The molecule has 31 heavy (non-hydrogen) atoms. The molecule has 1 atom stereocenters. The number of methoxy groups -OCH3 is 1. The summed E-state index contributed by atoms with van der Waals surface area (Å²) in [6, 6.07) is 25.8. The Morgan fingerprint density at radius 1 is 0.839 bits per heavy atom. The number of hydrogen-bond acceptors (Lipinski definition) is 4. The number of aromatic nitrogens is 2. The van der Waals surface area contributed by atoms with Crippen LogP contribution in [0.5, 0.6) is 17.2 Å². The second-order valence-electron chi connectivity index (χ2n) is 7.42. The molecular formula is C26H28N2O3. The van der Waals surface area contributed by atoms with Gasteiger partial charge in [-0.05, 0) is 56.2 Å². The highest BCUT2D eigenvalue weighted by molar-refractivity contribution is 5.76. The standard InChI is InChI=1S/C26H28N2O3/c1-20(31-21-11-4-3-5-12-21)26-27-24-15-6-7-16-25(24)28(26)17-8-9-18-30-23-14-10-13-22(19-23)29-2/h3-7,10-16,19-20H,8-9,17-18H2,1-2H3. The Balaban J connectivity index is 1.41. The Kier molecular flexibility index (Phi) is 6.72. The summed E-state index contributed by atoms with van der Waals surface area (Å²) in [7, 11) is 1.66. The van der Waals surface area contributed by atoms with E-state index in [-0.39, 0.29) is 6.10 Å². The first-order valence-electron chi connectivity index (χ1n) is 10.7. The number of imidazole rings is 1. The lowest BCUT2D eigenvalue weighted by atomic mass is 10.2. The molecule has 0 saturated heterocycles. The zero-order valence-corrected chi connectivity index (χ0v) is 18.0. The Labute approximate surface area is 183 Å². The third-order valence-corrected chi connectivity index (χ3v) is 5.19. The lowest BCUT2D eigenvalue weighted by Gasteiger charge is -2.17. The number of para-hydroxylation sites is 3. The summed E-state index contributed by atoms with van der Waals surface area (Å²) < 4.78 is 19.6. The molecule has 4 rings (SSSR count). The molecule has 5 heteroatoms. The zero-order valence-electron chi connectivity index (χ0n) is 18.0. The molecule has 0 fully saturated rings. The van der Waals surface area contributed by atoms with Crippen molar-refractivity contribution in [2.24, 2.45) is 0 Å². The van der Waals surface area contributed by atoms with Gasteiger partial charge in [-0.1, -0.05) is 36.4 Å². The fourth-order valence-electron chi connectivity index (χ4n) is 3.65. The Hall–Kier alpha value is -3.47. The smallest absolute Gasteiger partial charge is 0.153 e. The van der Waals surface area contributed by atoms with Crippen molar-refractivity contribution >= 4 is 11.0 Å².